The van der Waals surface area contributed by atoms with E-state index in [0.29, 0.717) is 19.4 Å². The Morgan fingerprint density at radius 1 is 1.22 bits per heavy atom. The zero-order valence-electron chi connectivity index (χ0n) is 21.4. The van der Waals surface area contributed by atoms with Crippen molar-refractivity contribution in [2.45, 2.75) is 110 Å². The van der Waals surface area contributed by atoms with Crippen molar-refractivity contribution < 1.29 is 14.0 Å². The van der Waals surface area contributed by atoms with Gasteiger partial charge >= 0.3 is 0 Å². The fraction of sp³-hybridized carbons (Fsp3) is 0.885. The molecule has 2 bridgehead atoms. The van der Waals surface area contributed by atoms with E-state index in [1.54, 1.807) is 0 Å². The van der Waals surface area contributed by atoms with Gasteiger partial charge in [-0.2, -0.15) is 10.5 Å². The van der Waals surface area contributed by atoms with Crippen LogP contribution >= 0.6 is 0 Å². The van der Waals surface area contributed by atoms with E-state index in [-0.39, 0.29) is 40.1 Å². The molecular formula is C26H42N2O3Si. The van der Waals surface area contributed by atoms with Crippen LogP contribution in [0.1, 0.15) is 80.1 Å². The number of hydrogen-bond donors (Lipinski definition) is 0. The first-order chi connectivity index (χ1) is 14.7. The molecule has 3 fully saturated rings. The molecule has 3 rings (SSSR count). The van der Waals surface area contributed by atoms with Crippen molar-refractivity contribution in [2.75, 3.05) is 6.61 Å². The van der Waals surface area contributed by atoms with Gasteiger partial charge in [0, 0.05) is 30.3 Å². The van der Waals surface area contributed by atoms with Crippen LogP contribution in [0, 0.1) is 51.2 Å². The standard InChI is InChI=1S/C26H42N2O3Si/c1-23(2,3)32(7,8)30-17-18-11-9-13-25(6)15-21-20(16-28)24(4,5)19(12-10-14-27)22(29)26(18,25)31-21/h18-21H,9-13,15,17H2,1-8H3/t18-,19+,20-,21+,25+,26-/m1/s1. The van der Waals surface area contributed by atoms with E-state index in [1.807, 2.05) is 13.8 Å². The van der Waals surface area contributed by atoms with E-state index in [9.17, 15) is 15.3 Å². The van der Waals surface area contributed by atoms with Crippen LogP contribution in [-0.4, -0.2) is 32.4 Å². The number of carbonyl (C=O) groups excluding carboxylic acids is 1. The van der Waals surface area contributed by atoms with Crippen LogP contribution in [0.3, 0.4) is 0 Å². The Balaban J connectivity index is 2.07. The molecule has 1 aliphatic carbocycles. The molecule has 0 N–H and O–H groups in total. The number of carbonyl (C=O) groups is 1. The van der Waals surface area contributed by atoms with Crippen molar-refractivity contribution in [1.29, 1.82) is 10.5 Å². The molecule has 2 saturated heterocycles. The average Bonchev–Trinajstić information content (AvgIpc) is 2.96. The second-order valence-corrected chi connectivity index (χ2v) is 17.7. The number of Topliss-reactive ketones (excluding diaryl/α,β-unsaturated/α-hetero) is 1. The number of ketones is 1. The van der Waals surface area contributed by atoms with Crippen molar-refractivity contribution >= 4 is 14.1 Å². The molecule has 0 unspecified atom stereocenters. The van der Waals surface area contributed by atoms with E-state index < -0.39 is 19.3 Å². The van der Waals surface area contributed by atoms with Crippen LogP contribution in [0.2, 0.25) is 18.1 Å². The molecule has 5 nitrogen and oxygen atoms in total. The number of rotatable bonds is 5. The summed E-state index contributed by atoms with van der Waals surface area (Å²) in [5, 5.41) is 19.5. The monoisotopic (exact) mass is 458 g/mol. The maximum absolute atomic E-state index is 14.5. The number of hydrogen-bond acceptors (Lipinski definition) is 5. The SMILES string of the molecule is CC1(C)[C@H](C#N)[C@@H]2C[C@]3(C)CCC[C@H](CO[Si](C)(C)C(C)(C)C)[C@@]3(O2)C(=O)[C@@H]1CCC#N. The third-order valence-corrected chi connectivity index (χ3v) is 14.1. The van der Waals surface area contributed by atoms with Crippen molar-refractivity contribution in [1.82, 2.24) is 0 Å². The van der Waals surface area contributed by atoms with Gasteiger partial charge in [-0.25, -0.2) is 0 Å². The first-order valence-corrected chi connectivity index (χ1v) is 15.2. The molecule has 0 aromatic carbocycles. The first kappa shape index (κ1) is 25.4. The minimum atomic E-state index is -1.99. The van der Waals surface area contributed by atoms with Gasteiger partial charge in [0.05, 0.1) is 24.2 Å². The summed E-state index contributed by atoms with van der Waals surface area (Å²) >= 11 is 0. The van der Waals surface area contributed by atoms with E-state index in [4.69, 9.17) is 9.16 Å². The Hall–Kier alpha value is -1.21. The van der Waals surface area contributed by atoms with Crippen molar-refractivity contribution in [3.8, 4) is 12.1 Å². The molecule has 32 heavy (non-hydrogen) atoms. The van der Waals surface area contributed by atoms with Gasteiger partial charge in [0.25, 0.3) is 0 Å². The maximum atomic E-state index is 14.5. The van der Waals surface area contributed by atoms with Gasteiger partial charge < -0.3 is 9.16 Å². The van der Waals surface area contributed by atoms with Gasteiger partial charge in [-0.05, 0) is 49.2 Å². The molecule has 1 spiro atoms. The second-order valence-electron chi connectivity index (χ2n) is 12.9. The third kappa shape index (κ3) is 3.67. The predicted octanol–water partition coefficient (Wildman–Crippen LogP) is 6.01. The topological polar surface area (TPSA) is 83.1 Å². The average molecular weight is 459 g/mol. The lowest BCUT2D eigenvalue weighted by Crippen LogP contribution is -2.62. The summed E-state index contributed by atoms with van der Waals surface area (Å²) in [7, 11) is -1.99. The fourth-order valence-corrected chi connectivity index (χ4v) is 7.61. The highest BCUT2D eigenvalue weighted by atomic mass is 28.4. The summed E-state index contributed by atoms with van der Waals surface area (Å²) in [6.45, 7) is 18.0. The maximum Gasteiger partial charge on any atom is 0.191 e. The molecule has 1 saturated carbocycles. The molecule has 0 aromatic rings. The van der Waals surface area contributed by atoms with Crippen LogP contribution in [0.5, 0.6) is 0 Å². The number of nitrogens with zero attached hydrogens (tertiary/aromatic N) is 2. The quantitative estimate of drug-likeness (QED) is 0.471. The van der Waals surface area contributed by atoms with Gasteiger partial charge in [0.15, 0.2) is 14.1 Å². The lowest BCUT2D eigenvalue weighted by Gasteiger charge is -2.53. The zero-order valence-corrected chi connectivity index (χ0v) is 22.4. The number of nitriles is 2. The summed E-state index contributed by atoms with van der Waals surface area (Å²) < 4.78 is 13.5. The van der Waals surface area contributed by atoms with Gasteiger partial charge in [0.1, 0.15) is 5.60 Å². The highest BCUT2D eigenvalue weighted by Crippen LogP contribution is 2.64. The lowest BCUT2D eigenvalue weighted by molar-refractivity contribution is -0.177. The van der Waals surface area contributed by atoms with Gasteiger partial charge in [-0.1, -0.05) is 48.0 Å². The van der Waals surface area contributed by atoms with Crippen molar-refractivity contribution in [2.24, 2.45) is 28.6 Å². The normalized spacial score (nSPS) is 39.0. The third-order valence-electron chi connectivity index (χ3n) is 9.63. The molecule has 2 aliphatic heterocycles. The van der Waals surface area contributed by atoms with E-state index >= 15 is 0 Å². The van der Waals surface area contributed by atoms with Gasteiger partial charge in [-0.3, -0.25) is 4.79 Å². The van der Waals surface area contributed by atoms with Gasteiger partial charge in [-0.15, -0.1) is 0 Å². The molecule has 3 aliphatic rings. The van der Waals surface area contributed by atoms with E-state index in [0.717, 1.165) is 25.7 Å². The van der Waals surface area contributed by atoms with Gasteiger partial charge in [0.2, 0.25) is 0 Å². The molecule has 6 atom stereocenters. The zero-order chi connectivity index (χ0) is 24.2. The molecular weight excluding hydrogens is 416 g/mol. The second kappa shape index (κ2) is 8.22. The summed E-state index contributed by atoms with van der Waals surface area (Å²) in [6, 6.07) is 4.75. The Kier molecular flexibility index (Phi) is 6.53. The van der Waals surface area contributed by atoms with Crippen LogP contribution in [-0.2, 0) is 14.0 Å². The summed E-state index contributed by atoms with van der Waals surface area (Å²) in [5.41, 5.74) is -1.73. The Morgan fingerprint density at radius 3 is 2.44 bits per heavy atom. The Morgan fingerprint density at radius 2 is 1.88 bits per heavy atom. The Bertz CT molecular complexity index is 833. The molecule has 6 heteroatoms. The minimum Gasteiger partial charge on any atom is -0.416 e. The smallest absolute Gasteiger partial charge is 0.191 e. The van der Waals surface area contributed by atoms with Crippen LogP contribution < -0.4 is 0 Å². The van der Waals surface area contributed by atoms with Crippen LogP contribution in [0.4, 0.5) is 0 Å². The molecule has 2 heterocycles. The predicted molar refractivity (Wildman–Crippen MR) is 127 cm³/mol. The fourth-order valence-electron chi connectivity index (χ4n) is 6.56. The van der Waals surface area contributed by atoms with Crippen LogP contribution in [0.25, 0.3) is 0 Å². The summed E-state index contributed by atoms with van der Waals surface area (Å²) in [5.74, 6) is -0.599. The van der Waals surface area contributed by atoms with Crippen molar-refractivity contribution in [3.63, 3.8) is 0 Å². The molecule has 0 aromatic heterocycles. The largest absolute Gasteiger partial charge is 0.416 e. The molecule has 178 valence electrons. The Labute approximate surface area is 196 Å². The van der Waals surface area contributed by atoms with Crippen LogP contribution in [0.15, 0.2) is 0 Å². The number of ether oxygens (including phenoxy) is 1. The lowest BCUT2D eigenvalue weighted by atomic mass is 9.51. The molecule has 0 radical (unpaired) electrons. The number of fused-ring (bicyclic) bond motifs is 1. The highest BCUT2D eigenvalue weighted by Gasteiger charge is 2.71. The highest BCUT2D eigenvalue weighted by molar-refractivity contribution is 6.74. The first-order valence-electron chi connectivity index (χ1n) is 12.3. The van der Waals surface area contributed by atoms with Crippen molar-refractivity contribution in [3.05, 3.63) is 0 Å². The summed E-state index contributed by atoms with van der Waals surface area (Å²) in [4.78, 5) is 14.5. The minimum absolute atomic E-state index is 0.00861. The molecule has 0 amide bonds. The van der Waals surface area contributed by atoms with E-state index in [2.05, 4.69) is 52.9 Å². The summed E-state index contributed by atoms with van der Waals surface area (Å²) in [6.07, 6.45) is 4.22. The van der Waals surface area contributed by atoms with E-state index in [1.165, 1.54) is 0 Å².